The van der Waals surface area contributed by atoms with Crippen LogP contribution in [-0.4, -0.2) is 5.12 Å². The van der Waals surface area contributed by atoms with Gasteiger partial charge >= 0.3 is 0 Å². The first-order chi connectivity index (χ1) is 6.18. The minimum Gasteiger partial charge on any atom is -0.287 e. The molecule has 1 nitrogen and oxygen atoms in total. The van der Waals surface area contributed by atoms with Gasteiger partial charge in [0.1, 0.15) is 5.82 Å². The Morgan fingerprint density at radius 2 is 1.69 bits per heavy atom. The van der Waals surface area contributed by atoms with Crippen LogP contribution in [0.2, 0.25) is 0 Å². The lowest BCUT2D eigenvalue weighted by atomic mass is 10.4. The van der Waals surface area contributed by atoms with Gasteiger partial charge in [0.25, 0.3) is 0 Å². The van der Waals surface area contributed by atoms with Gasteiger partial charge in [-0.1, -0.05) is 25.6 Å². The summed E-state index contributed by atoms with van der Waals surface area (Å²) in [5.74, 6) is -0.280. The molecule has 0 saturated carbocycles. The Morgan fingerprint density at radius 1 is 1.23 bits per heavy atom. The molecular formula is C10H13FOS. The lowest BCUT2D eigenvalue weighted by molar-refractivity contribution is -0.109. The number of halogens is 1. The first-order valence-corrected chi connectivity index (χ1v) is 4.94. The van der Waals surface area contributed by atoms with Crippen molar-refractivity contribution in [2.45, 2.75) is 25.7 Å². The zero-order valence-electron chi connectivity index (χ0n) is 8.00. The molecule has 0 aliphatic heterocycles. The summed E-state index contributed by atoms with van der Waals surface area (Å²) in [5.41, 5.74) is 0. The molecule has 0 bridgehead atoms. The second-order valence-corrected chi connectivity index (χ2v) is 3.30. The van der Waals surface area contributed by atoms with Crippen LogP contribution in [0.15, 0.2) is 29.2 Å². The SMILES string of the molecule is CC.CC(=O)Sc1ccc(F)cc1. The highest BCUT2D eigenvalue weighted by atomic mass is 32.2. The van der Waals surface area contributed by atoms with Gasteiger partial charge in [0, 0.05) is 11.8 Å². The van der Waals surface area contributed by atoms with Crippen molar-refractivity contribution in [1.82, 2.24) is 0 Å². The van der Waals surface area contributed by atoms with E-state index in [1.54, 1.807) is 12.1 Å². The number of carbonyl (C=O) groups excluding carboxylic acids is 1. The third-order valence-corrected chi connectivity index (χ3v) is 1.87. The summed E-state index contributed by atoms with van der Waals surface area (Å²) in [4.78, 5) is 11.3. The zero-order chi connectivity index (χ0) is 10.3. The first kappa shape index (κ1) is 12.2. The lowest BCUT2D eigenvalue weighted by Crippen LogP contribution is -1.80. The molecule has 3 heteroatoms. The van der Waals surface area contributed by atoms with Gasteiger partial charge in [0.2, 0.25) is 0 Å². The zero-order valence-corrected chi connectivity index (χ0v) is 8.82. The van der Waals surface area contributed by atoms with Crippen molar-refractivity contribution in [3.63, 3.8) is 0 Å². The van der Waals surface area contributed by atoms with E-state index in [-0.39, 0.29) is 10.9 Å². The predicted molar refractivity (Wildman–Crippen MR) is 54.3 cm³/mol. The molecule has 0 N–H and O–H groups in total. The maximum Gasteiger partial charge on any atom is 0.190 e. The van der Waals surface area contributed by atoms with Gasteiger partial charge in [0.15, 0.2) is 5.12 Å². The largest absolute Gasteiger partial charge is 0.287 e. The Bertz CT molecular complexity index is 256. The molecular weight excluding hydrogens is 187 g/mol. The Morgan fingerprint density at radius 3 is 2.08 bits per heavy atom. The van der Waals surface area contributed by atoms with E-state index in [0.717, 1.165) is 16.7 Å². The minimum atomic E-state index is -0.280. The number of rotatable bonds is 1. The molecule has 1 aromatic rings. The van der Waals surface area contributed by atoms with E-state index in [4.69, 9.17) is 0 Å². The fourth-order valence-electron chi connectivity index (χ4n) is 0.669. The van der Waals surface area contributed by atoms with Crippen LogP contribution in [-0.2, 0) is 4.79 Å². The first-order valence-electron chi connectivity index (χ1n) is 4.12. The number of hydrogen-bond acceptors (Lipinski definition) is 2. The average molecular weight is 200 g/mol. The summed E-state index contributed by atoms with van der Waals surface area (Å²) >= 11 is 1.10. The van der Waals surface area contributed by atoms with Crippen LogP contribution in [0.25, 0.3) is 0 Å². The van der Waals surface area contributed by atoms with E-state index in [2.05, 4.69) is 0 Å². The molecule has 0 heterocycles. The molecule has 1 rings (SSSR count). The second-order valence-electron chi connectivity index (χ2n) is 2.05. The van der Waals surface area contributed by atoms with Crippen molar-refractivity contribution < 1.29 is 9.18 Å². The number of hydrogen-bond donors (Lipinski definition) is 0. The van der Waals surface area contributed by atoms with Crippen LogP contribution in [0.3, 0.4) is 0 Å². The van der Waals surface area contributed by atoms with E-state index < -0.39 is 0 Å². The standard InChI is InChI=1S/C8H7FOS.C2H6/c1-6(10)11-8-4-2-7(9)3-5-8;1-2/h2-5H,1H3;1-2H3. The smallest absolute Gasteiger partial charge is 0.190 e. The summed E-state index contributed by atoms with van der Waals surface area (Å²) in [7, 11) is 0. The Hall–Kier alpha value is -0.830. The van der Waals surface area contributed by atoms with Crippen LogP contribution in [0.1, 0.15) is 20.8 Å². The fourth-order valence-corrected chi connectivity index (χ4v) is 1.27. The summed E-state index contributed by atoms with van der Waals surface area (Å²) in [5, 5.41) is 0.0107. The Kier molecular flexibility index (Phi) is 6.24. The van der Waals surface area contributed by atoms with Crippen molar-refractivity contribution in [2.75, 3.05) is 0 Å². The predicted octanol–water partition coefficient (Wildman–Crippen LogP) is 3.49. The van der Waals surface area contributed by atoms with Crippen molar-refractivity contribution >= 4 is 16.9 Å². The monoisotopic (exact) mass is 200 g/mol. The molecule has 0 aromatic heterocycles. The highest BCUT2D eigenvalue weighted by Gasteiger charge is 1.97. The minimum absolute atomic E-state index is 0.0107. The van der Waals surface area contributed by atoms with E-state index in [1.807, 2.05) is 13.8 Å². The maximum absolute atomic E-state index is 12.3. The third kappa shape index (κ3) is 5.42. The average Bonchev–Trinajstić information content (AvgIpc) is 2.12. The normalized spacial score (nSPS) is 8.62. The summed E-state index contributed by atoms with van der Waals surface area (Å²) < 4.78 is 12.3. The number of carbonyl (C=O) groups is 1. The molecule has 0 atom stereocenters. The van der Waals surface area contributed by atoms with Crippen molar-refractivity contribution in [2.24, 2.45) is 0 Å². The summed E-state index contributed by atoms with van der Waals surface area (Å²) in [6, 6.07) is 5.85. The highest BCUT2D eigenvalue weighted by molar-refractivity contribution is 8.13. The molecule has 0 amide bonds. The molecule has 13 heavy (non-hydrogen) atoms. The van der Waals surface area contributed by atoms with Crippen molar-refractivity contribution in [3.05, 3.63) is 30.1 Å². The number of benzene rings is 1. The quantitative estimate of drug-likeness (QED) is 0.645. The van der Waals surface area contributed by atoms with Gasteiger partial charge in [0.05, 0.1) is 0 Å². The van der Waals surface area contributed by atoms with Crippen LogP contribution in [0.4, 0.5) is 4.39 Å². The molecule has 0 aliphatic carbocycles. The Labute approximate surface area is 82.3 Å². The van der Waals surface area contributed by atoms with Gasteiger partial charge in [-0.25, -0.2) is 4.39 Å². The molecule has 0 fully saturated rings. The van der Waals surface area contributed by atoms with E-state index in [9.17, 15) is 9.18 Å². The summed E-state index contributed by atoms with van der Waals surface area (Å²) in [6.07, 6.45) is 0. The molecule has 0 spiro atoms. The van der Waals surface area contributed by atoms with Crippen molar-refractivity contribution in [1.29, 1.82) is 0 Å². The third-order valence-electron chi connectivity index (χ3n) is 1.08. The van der Waals surface area contributed by atoms with Crippen LogP contribution in [0, 0.1) is 5.82 Å². The van der Waals surface area contributed by atoms with Gasteiger partial charge in [-0.15, -0.1) is 0 Å². The lowest BCUT2D eigenvalue weighted by Gasteiger charge is -1.94. The topological polar surface area (TPSA) is 17.1 Å². The van der Waals surface area contributed by atoms with E-state index in [1.165, 1.54) is 19.1 Å². The van der Waals surface area contributed by atoms with Gasteiger partial charge < -0.3 is 0 Å². The van der Waals surface area contributed by atoms with Crippen molar-refractivity contribution in [3.8, 4) is 0 Å². The molecule has 0 saturated heterocycles. The molecule has 1 aromatic carbocycles. The highest BCUT2D eigenvalue weighted by Crippen LogP contribution is 2.17. The molecule has 72 valence electrons. The fraction of sp³-hybridized carbons (Fsp3) is 0.300. The number of thioether (sulfide) groups is 1. The Balaban J connectivity index is 0.000000671. The molecule has 0 unspecified atom stereocenters. The maximum atomic E-state index is 12.3. The van der Waals surface area contributed by atoms with Gasteiger partial charge in [-0.2, -0.15) is 0 Å². The van der Waals surface area contributed by atoms with Crippen LogP contribution >= 0.6 is 11.8 Å². The van der Waals surface area contributed by atoms with Crippen LogP contribution in [0.5, 0.6) is 0 Å². The van der Waals surface area contributed by atoms with E-state index in [0.29, 0.717) is 0 Å². The van der Waals surface area contributed by atoms with Gasteiger partial charge in [-0.05, 0) is 24.3 Å². The van der Waals surface area contributed by atoms with Crippen LogP contribution < -0.4 is 0 Å². The second kappa shape index (κ2) is 6.66. The molecule has 0 aliphatic rings. The summed E-state index contributed by atoms with van der Waals surface area (Å²) in [6.45, 7) is 5.48. The van der Waals surface area contributed by atoms with Gasteiger partial charge in [-0.3, -0.25) is 4.79 Å². The van der Waals surface area contributed by atoms with E-state index >= 15 is 0 Å². The molecule has 0 radical (unpaired) electrons.